The van der Waals surface area contributed by atoms with E-state index >= 15 is 0 Å². The second kappa shape index (κ2) is 8.79. The number of nitrogens with zero attached hydrogens (tertiary/aromatic N) is 6. The van der Waals surface area contributed by atoms with E-state index in [2.05, 4.69) is 46.4 Å². The average molecular weight is 468 g/mol. The van der Waals surface area contributed by atoms with Gasteiger partial charge in [-0.15, -0.1) is 0 Å². The maximum atomic E-state index is 11.8. The van der Waals surface area contributed by atoms with Crippen LogP contribution in [0.15, 0.2) is 43.0 Å². The molecular weight excluding hydrogens is 442 g/mol. The number of nitrogens with one attached hydrogen (secondary N) is 3. The van der Waals surface area contributed by atoms with Crippen LogP contribution in [0.4, 0.5) is 11.4 Å². The van der Waals surface area contributed by atoms with Crippen LogP contribution < -0.4 is 10.2 Å². The summed E-state index contributed by atoms with van der Waals surface area (Å²) in [6, 6.07) is 5.88. The van der Waals surface area contributed by atoms with Crippen LogP contribution in [-0.4, -0.2) is 54.1 Å². The Morgan fingerprint density at radius 2 is 2.00 bits per heavy atom. The number of fused-ring (bicyclic) bond motifs is 2. The van der Waals surface area contributed by atoms with Crippen molar-refractivity contribution in [1.82, 2.24) is 35.1 Å². The van der Waals surface area contributed by atoms with Crippen LogP contribution in [0.25, 0.3) is 44.8 Å². The molecule has 6 rings (SSSR count). The highest BCUT2D eigenvalue weighted by Gasteiger charge is 2.19. The number of amides is 1. The van der Waals surface area contributed by atoms with E-state index in [0.717, 1.165) is 46.5 Å². The minimum absolute atomic E-state index is 0.0631. The third-order valence-electron chi connectivity index (χ3n) is 6.38. The van der Waals surface area contributed by atoms with E-state index in [1.165, 1.54) is 19.3 Å². The second-order valence-electron chi connectivity index (χ2n) is 8.71. The van der Waals surface area contributed by atoms with Gasteiger partial charge in [-0.2, -0.15) is 5.10 Å². The molecule has 0 radical (unpaired) electrons. The van der Waals surface area contributed by atoms with Crippen molar-refractivity contribution in [2.75, 3.05) is 23.3 Å². The van der Waals surface area contributed by atoms with Crippen molar-refractivity contribution in [3.8, 4) is 22.8 Å². The third kappa shape index (κ3) is 3.96. The smallest absolute Gasteiger partial charge is 0.224 e. The van der Waals surface area contributed by atoms with Crippen LogP contribution >= 0.6 is 0 Å². The van der Waals surface area contributed by atoms with Crippen LogP contribution in [0.5, 0.6) is 0 Å². The van der Waals surface area contributed by atoms with Gasteiger partial charge in [0.1, 0.15) is 11.2 Å². The van der Waals surface area contributed by atoms with E-state index < -0.39 is 0 Å². The molecule has 1 amide bonds. The summed E-state index contributed by atoms with van der Waals surface area (Å²) in [5, 5.41) is 11.3. The zero-order valence-corrected chi connectivity index (χ0v) is 19.4. The molecular formula is C25H25N9O. The molecule has 35 heavy (non-hydrogen) atoms. The lowest BCUT2D eigenvalue weighted by molar-refractivity contribution is -0.115. The number of aromatic nitrogens is 7. The molecule has 10 heteroatoms. The number of anilines is 2. The molecule has 1 aliphatic rings. The van der Waals surface area contributed by atoms with Crippen molar-refractivity contribution in [3.63, 3.8) is 0 Å². The van der Waals surface area contributed by atoms with Crippen molar-refractivity contribution in [2.24, 2.45) is 0 Å². The van der Waals surface area contributed by atoms with Gasteiger partial charge in [-0.05, 0) is 37.5 Å². The molecule has 1 aliphatic heterocycles. The van der Waals surface area contributed by atoms with Crippen molar-refractivity contribution in [2.45, 2.75) is 32.6 Å². The van der Waals surface area contributed by atoms with Gasteiger partial charge in [0.15, 0.2) is 11.5 Å². The Bertz CT molecular complexity index is 1530. The Morgan fingerprint density at radius 1 is 1.11 bits per heavy atom. The molecule has 0 aliphatic carbocycles. The molecule has 0 saturated carbocycles. The van der Waals surface area contributed by atoms with Crippen molar-refractivity contribution < 1.29 is 4.79 Å². The molecule has 0 atom stereocenters. The second-order valence-corrected chi connectivity index (χ2v) is 8.71. The molecule has 6 heterocycles. The summed E-state index contributed by atoms with van der Waals surface area (Å²) in [6.07, 6.45) is 11.0. The maximum Gasteiger partial charge on any atom is 0.224 e. The first kappa shape index (κ1) is 21.2. The van der Waals surface area contributed by atoms with Gasteiger partial charge in [0.25, 0.3) is 0 Å². The molecule has 1 saturated heterocycles. The minimum atomic E-state index is -0.0631. The average Bonchev–Trinajstić information content (AvgIpc) is 3.53. The quantitative estimate of drug-likeness (QED) is 0.351. The fraction of sp³-hybridized carbons (Fsp3) is 0.280. The van der Waals surface area contributed by atoms with Crippen molar-refractivity contribution in [1.29, 1.82) is 0 Å². The highest BCUT2D eigenvalue weighted by Crippen LogP contribution is 2.32. The first-order valence-electron chi connectivity index (χ1n) is 11.9. The molecule has 5 aromatic rings. The van der Waals surface area contributed by atoms with Gasteiger partial charge in [-0.1, -0.05) is 6.92 Å². The summed E-state index contributed by atoms with van der Waals surface area (Å²) in [5.41, 5.74) is 6.40. The van der Waals surface area contributed by atoms with Crippen LogP contribution in [0.1, 0.15) is 32.6 Å². The first-order chi connectivity index (χ1) is 17.2. The Kier molecular flexibility index (Phi) is 5.32. The number of imidazole rings is 1. The fourth-order valence-electron chi connectivity index (χ4n) is 4.56. The number of hydrogen-bond acceptors (Lipinski definition) is 7. The monoisotopic (exact) mass is 467 g/mol. The molecule has 5 aromatic heterocycles. The Labute approximate surface area is 201 Å². The van der Waals surface area contributed by atoms with Gasteiger partial charge in [0.05, 0.1) is 35.0 Å². The summed E-state index contributed by atoms with van der Waals surface area (Å²) in [6.45, 7) is 3.89. The number of hydrogen-bond donors (Lipinski definition) is 3. The van der Waals surface area contributed by atoms with Gasteiger partial charge < -0.3 is 15.2 Å². The Hall–Kier alpha value is -4.34. The lowest BCUT2D eigenvalue weighted by atomic mass is 10.1. The van der Waals surface area contributed by atoms with E-state index in [4.69, 9.17) is 4.98 Å². The minimum Gasteiger partial charge on any atom is -0.370 e. The fourth-order valence-corrected chi connectivity index (χ4v) is 4.56. The zero-order valence-electron chi connectivity index (χ0n) is 19.4. The summed E-state index contributed by atoms with van der Waals surface area (Å²) < 4.78 is 0. The van der Waals surface area contributed by atoms with Gasteiger partial charge in [-0.25, -0.2) is 9.97 Å². The topological polar surface area (TPSA) is 128 Å². The van der Waals surface area contributed by atoms with E-state index in [-0.39, 0.29) is 5.91 Å². The van der Waals surface area contributed by atoms with Crippen LogP contribution in [0.3, 0.4) is 0 Å². The summed E-state index contributed by atoms with van der Waals surface area (Å²) >= 11 is 0. The number of carbonyl (C=O) groups excluding carboxylic acids is 1. The summed E-state index contributed by atoms with van der Waals surface area (Å²) in [5.74, 6) is 0.592. The normalized spacial score (nSPS) is 14.0. The van der Waals surface area contributed by atoms with Crippen molar-refractivity contribution in [3.05, 3.63) is 43.0 Å². The van der Waals surface area contributed by atoms with Gasteiger partial charge in [-0.3, -0.25) is 19.9 Å². The van der Waals surface area contributed by atoms with Crippen molar-refractivity contribution >= 4 is 39.3 Å². The molecule has 3 N–H and O–H groups in total. The predicted molar refractivity (Wildman–Crippen MR) is 135 cm³/mol. The summed E-state index contributed by atoms with van der Waals surface area (Å²) in [7, 11) is 0. The third-order valence-corrected chi connectivity index (χ3v) is 6.38. The van der Waals surface area contributed by atoms with E-state index in [0.29, 0.717) is 29.3 Å². The number of rotatable bonds is 5. The first-order valence-corrected chi connectivity index (χ1v) is 11.9. The molecule has 176 valence electrons. The zero-order chi connectivity index (χ0) is 23.8. The number of H-pyrrole nitrogens is 2. The van der Waals surface area contributed by atoms with Crippen LogP contribution in [-0.2, 0) is 4.79 Å². The Balaban J connectivity index is 1.39. The highest BCUT2D eigenvalue weighted by atomic mass is 16.1. The SMILES string of the molecule is CCC(=O)Nc1cncc(-c2cc3c(-c4nc5nccc(N6CCCCC6)c5[nH]4)n[nH]c3cn2)c1. The van der Waals surface area contributed by atoms with E-state index in [9.17, 15) is 4.79 Å². The van der Waals surface area contributed by atoms with Crippen LogP contribution in [0, 0.1) is 0 Å². The van der Waals surface area contributed by atoms with Gasteiger partial charge in [0.2, 0.25) is 5.91 Å². The maximum absolute atomic E-state index is 11.8. The van der Waals surface area contributed by atoms with E-state index in [1.807, 2.05) is 25.3 Å². The Morgan fingerprint density at radius 3 is 2.86 bits per heavy atom. The standard InChI is InChI=1S/C25H25N9O/c1-2-21(35)29-16-10-15(12-26-13-16)18-11-17-19(14-28-18)32-33-22(17)25-30-23-20(6-7-27-24(23)31-25)34-8-4-3-5-9-34/h6-7,10-14H,2-5,8-9H2,1H3,(H,29,35)(H,32,33)(H,27,30,31). The van der Waals surface area contributed by atoms with Gasteiger partial charge >= 0.3 is 0 Å². The molecule has 0 bridgehead atoms. The lowest BCUT2D eigenvalue weighted by Gasteiger charge is -2.28. The number of carbonyl (C=O) groups is 1. The molecule has 0 aromatic carbocycles. The number of piperidine rings is 1. The molecule has 0 spiro atoms. The number of aromatic amines is 2. The molecule has 10 nitrogen and oxygen atoms in total. The van der Waals surface area contributed by atoms with E-state index in [1.54, 1.807) is 18.6 Å². The lowest BCUT2D eigenvalue weighted by Crippen LogP contribution is -2.29. The predicted octanol–water partition coefficient (Wildman–Crippen LogP) is 4.30. The van der Waals surface area contributed by atoms with Crippen LogP contribution in [0.2, 0.25) is 0 Å². The largest absolute Gasteiger partial charge is 0.370 e. The summed E-state index contributed by atoms with van der Waals surface area (Å²) in [4.78, 5) is 35.8. The molecule has 1 fully saturated rings. The van der Waals surface area contributed by atoms with Gasteiger partial charge in [0, 0.05) is 42.9 Å². The molecule has 0 unspecified atom stereocenters. The number of pyridine rings is 3. The highest BCUT2D eigenvalue weighted by molar-refractivity contribution is 5.96.